The number of carbonyl (C=O) groups is 2. The van der Waals surface area contributed by atoms with E-state index < -0.39 is 17.9 Å². The molecule has 1 unspecified atom stereocenters. The first-order valence-corrected chi connectivity index (χ1v) is 9.40. The maximum Gasteiger partial charge on any atom is 0.326 e. The maximum absolute atomic E-state index is 12.0. The van der Waals surface area contributed by atoms with E-state index in [-0.39, 0.29) is 12.0 Å². The van der Waals surface area contributed by atoms with Crippen molar-refractivity contribution in [3.8, 4) is 11.5 Å². The molecule has 0 heterocycles. The Bertz CT molecular complexity index is 598. The minimum Gasteiger partial charge on any atom is -0.497 e. The Morgan fingerprint density at radius 1 is 1.32 bits per heavy atom. The first kappa shape index (κ1) is 21.2. The minimum atomic E-state index is -1.04. The van der Waals surface area contributed by atoms with E-state index in [1.807, 2.05) is 33.1 Å². The van der Waals surface area contributed by atoms with Crippen LogP contribution < -0.4 is 14.8 Å². The highest BCUT2D eigenvalue weighted by Gasteiger charge is 2.22. The number of carboxylic acids is 1. The summed E-state index contributed by atoms with van der Waals surface area (Å²) in [6, 6.07) is 4.50. The van der Waals surface area contributed by atoms with Crippen LogP contribution in [-0.4, -0.2) is 48.8 Å². The Hall–Kier alpha value is -1.89. The van der Waals surface area contributed by atoms with Crippen LogP contribution in [0.25, 0.3) is 0 Å². The zero-order chi connectivity index (χ0) is 19.0. The summed E-state index contributed by atoms with van der Waals surface area (Å²) >= 11 is 1.54. The Kier molecular flexibility index (Phi) is 8.09. The number of nitrogens with one attached hydrogen (secondary N) is 1. The Balaban J connectivity index is 2.76. The molecule has 0 aromatic heterocycles. The first-order valence-electron chi connectivity index (χ1n) is 8.01. The number of thioether (sulfide) groups is 1. The summed E-state index contributed by atoms with van der Waals surface area (Å²) in [5, 5.41) is 11.7. The van der Waals surface area contributed by atoms with Gasteiger partial charge in [0.1, 0.15) is 17.5 Å². The predicted octanol–water partition coefficient (Wildman–Crippen LogP) is 2.69. The lowest BCUT2D eigenvalue weighted by molar-refractivity contribution is -0.142. The second-order valence-corrected chi connectivity index (χ2v) is 7.63. The SMILES string of the molecule is COc1ccc(OCC(=O)NC(CCSC)C(=O)O)c(C(C)(C)C)c1. The van der Waals surface area contributed by atoms with Gasteiger partial charge >= 0.3 is 5.97 Å². The molecule has 0 aliphatic heterocycles. The van der Waals surface area contributed by atoms with E-state index in [9.17, 15) is 9.59 Å². The number of rotatable bonds is 9. The van der Waals surface area contributed by atoms with Crippen molar-refractivity contribution in [3.63, 3.8) is 0 Å². The quantitative estimate of drug-likeness (QED) is 0.696. The van der Waals surface area contributed by atoms with E-state index in [4.69, 9.17) is 14.6 Å². The largest absolute Gasteiger partial charge is 0.497 e. The molecule has 0 fully saturated rings. The first-order chi connectivity index (χ1) is 11.7. The third-order valence-electron chi connectivity index (χ3n) is 3.60. The van der Waals surface area contributed by atoms with Gasteiger partial charge in [0.05, 0.1) is 7.11 Å². The zero-order valence-electron chi connectivity index (χ0n) is 15.4. The molecular weight excluding hydrogens is 342 g/mol. The van der Waals surface area contributed by atoms with Gasteiger partial charge in [-0.05, 0) is 42.0 Å². The maximum atomic E-state index is 12.0. The molecule has 0 bridgehead atoms. The Labute approximate surface area is 153 Å². The van der Waals surface area contributed by atoms with Gasteiger partial charge in [0.25, 0.3) is 5.91 Å². The third-order valence-corrected chi connectivity index (χ3v) is 4.24. The normalized spacial score (nSPS) is 12.4. The number of hydrogen-bond donors (Lipinski definition) is 2. The van der Waals surface area contributed by atoms with Gasteiger partial charge in [0.2, 0.25) is 0 Å². The smallest absolute Gasteiger partial charge is 0.326 e. The van der Waals surface area contributed by atoms with Gasteiger partial charge in [-0.3, -0.25) is 4.79 Å². The topological polar surface area (TPSA) is 84.9 Å². The average molecular weight is 369 g/mol. The number of benzene rings is 1. The van der Waals surface area contributed by atoms with Gasteiger partial charge in [-0.25, -0.2) is 4.79 Å². The fraction of sp³-hybridized carbons (Fsp3) is 0.556. The van der Waals surface area contributed by atoms with Gasteiger partial charge in [-0.2, -0.15) is 11.8 Å². The van der Waals surface area contributed by atoms with Gasteiger partial charge in [0.15, 0.2) is 6.61 Å². The lowest BCUT2D eigenvalue weighted by Gasteiger charge is -2.23. The minimum absolute atomic E-state index is 0.192. The molecule has 0 aliphatic carbocycles. The summed E-state index contributed by atoms with van der Waals surface area (Å²) < 4.78 is 10.9. The number of amides is 1. The molecule has 6 nitrogen and oxygen atoms in total. The summed E-state index contributed by atoms with van der Waals surface area (Å²) in [5.74, 6) is 0.459. The highest BCUT2D eigenvalue weighted by Crippen LogP contribution is 2.34. The van der Waals surface area contributed by atoms with Gasteiger partial charge < -0.3 is 19.9 Å². The van der Waals surface area contributed by atoms with Crippen molar-refractivity contribution in [2.45, 2.75) is 38.6 Å². The van der Waals surface area contributed by atoms with Crippen LogP contribution in [0.4, 0.5) is 0 Å². The van der Waals surface area contributed by atoms with E-state index in [2.05, 4.69) is 5.32 Å². The van der Waals surface area contributed by atoms with Crippen molar-refractivity contribution in [2.75, 3.05) is 25.7 Å². The number of ether oxygens (including phenoxy) is 2. The van der Waals surface area contributed by atoms with Crippen molar-refractivity contribution in [2.24, 2.45) is 0 Å². The molecule has 1 aromatic rings. The van der Waals surface area contributed by atoms with Crippen LogP contribution in [0.2, 0.25) is 0 Å². The Morgan fingerprint density at radius 3 is 2.52 bits per heavy atom. The number of methoxy groups -OCH3 is 1. The van der Waals surface area contributed by atoms with Crippen molar-refractivity contribution in [1.82, 2.24) is 5.32 Å². The summed E-state index contributed by atoms with van der Waals surface area (Å²) in [5.41, 5.74) is 0.722. The molecule has 0 radical (unpaired) electrons. The predicted molar refractivity (Wildman–Crippen MR) is 99.8 cm³/mol. The molecule has 25 heavy (non-hydrogen) atoms. The monoisotopic (exact) mass is 369 g/mol. The second-order valence-electron chi connectivity index (χ2n) is 6.64. The highest BCUT2D eigenvalue weighted by molar-refractivity contribution is 7.98. The summed E-state index contributed by atoms with van der Waals surface area (Å²) in [4.78, 5) is 23.2. The van der Waals surface area contributed by atoms with Crippen LogP contribution in [0.3, 0.4) is 0 Å². The lowest BCUT2D eigenvalue weighted by atomic mass is 9.86. The molecule has 1 rings (SSSR count). The van der Waals surface area contributed by atoms with Crippen LogP contribution >= 0.6 is 11.8 Å². The zero-order valence-corrected chi connectivity index (χ0v) is 16.2. The molecule has 0 aliphatic rings. The van der Waals surface area contributed by atoms with E-state index in [0.717, 1.165) is 5.56 Å². The van der Waals surface area contributed by atoms with E-state index in [1.165, 1.54) is 11.8 Å². The molecule has 140 valence electrons. The summed E-state index contributed by atoms with van der Waals surface area (Å²) in [7, 11) is 1.59. The molecular formula is C18H27NO5S. The third kappa shape index (κ3) is 6.86. The molecule has 0 saturated carbocycles. The van der Waals surface area contributed by atoms with Crippen molar-refractivity contribution in [1.29, 1.82) is 0 Å². The number of carbonyl (C=O) groups excluding carboxylic acids is 1. The molecule has 1 amide bonds. The van der Waals surface area contributed by atoms with E-state index in [1.54, 1.807) is 19.2 Å². The van der Waals surface area contributed by atoms with Crippen LogP contribution in [-0.2, 0) is 15.0 Å². The molecule has 2 N–H and O–H groups in total. The molecule has 0 saturated heterocycles. The average Bonchev–Trinajstić information content (AvgIpc) is 2.55. The van der Waals surface area contributed by atoms with Crippen LogP contribution in [0, 0.1) is 0 Å². The number of hydrogen-bond acceptors (Lipinski definition) is 5. The Morgan fingerprint density at radius 2 is 2.00 bits per heavy atom. The van der Waals surface area contributed by atoms with Gasteiger partial charge in [0, 0.05) is 5.56 Å². The van der Waals surface area contributed by atoms with E-state index in [0.29, 0.717) is 23.7 Å². The fourth-order valence-corrected chi connectivity index (χ4v) is 2.69. The lowest BCUT2D eigenvalue weighted by Crippen LogP contribution is -2.43. The molecule has 1 atom stereocenters. The van der Waals surface area contributed by atoms with Crippen LogP contribution in [0.1, 0.15) is 32.8 Å². The van der Waals surface area contributed by atoms with Gasteiger partial charge in [-0.15, -0.1) is 0 Å². The van der Waals surface area contributed by atoms with Crippen molar-refractivity contribution >= 4 is 23.6 Å². The summed E-state index contributed by atoms with van der Waals surface area (Å²) in [6.45, 7) is 5.88. The molecule has 7 heteroatoms. The standard InChI is InChI=1S/C18H27NO5S/c1-18(2,3)13-10-12(23-4)6-7-15(13)24-11-16(20)19-14(17(21)22)8-9-25-5/h6-7,10,14H,8-9,11H2,1-5H3,(H,19,20)(H,21,22). The van der Waals surface area contributed by atoms with Crippen molar-refractivity contribution < 1.29 is 24.2 Å². The summed E-state index contributed by atoms with van der Waals surface area (Å²) in [6.07, 6.45) is 2.26. The second kappa shape index (κ2) is 9.56. The van der Waals surface area contributed by atoms with Crippen molar-refractivity contribution in [3.05, 3.63) is 23.8 Å². The number of carboxylic acid groups (broad SMARTS) is 1. The number of aliphatic carboxylic acids is 1. The molecule has 0 spiro atoms. The van der Waals surface area contributed by atoms with E-state index >= 15 is 0 Å². The fourth-order valence-electron chi connectivity index (χ4n) is 2.22. The van der Waals surface area contributed by atoms with Gasteiger partial charge in [-0.1, -0.05) is 20.8 Å². The highest BCUT2D eigenvalue weighted by atomic mass is 32.2. The van der Waals surface area contributed by atoms with Crippen LogP contribution in [0.15, 0.2) is 18.2 Å². The van der Waals surface area contributed by atoms with Crippen LogP contribution in [0.5, 0.6) is 11.5 Å². The molecule has 1 aromatic carbocycles.